The normalized spacial score (nSPS) is 7.11. The van der Waals surface area contributed by atoms with Crippen LogP contribution in [0.25, 0.3) is 0 Å². The molecule has 9 heavy (non-hydrogen) atoms. The van der Waals surface area contributed by atoms with Crippen LogP contribution in [-0.2, 0) is 9.53 Å². The summed E-state index contributed by atoms with van der Waals surface area (Å²) < 4.78 is 14.7. The Labute approximate surface area is 55.0 Å². The summed E-state index contributed by atoms with van der Waals surface area (Å²) in [6.45, 7) is 4.86. The third-order valence-electron chi connectivity index (χ3n) is 0.348. The quantitative estimate of drug-likeness (QED) is 0.511. The van der Waals surface area contributed by atoms with Gasteiger partial charge in [-0.3, -0.25) is 9.18 Å². The molecule has 0 aliphatic carbocycles. The molecule has 0 rings (SSSR count). The van der Waals surface area contributed by atoms with Crippen LogP contribution in [0.4, 0.5) is 4.39 Å². The SMILES string of the molecule is CCF.CCOC(C)=O. The van der Waals surface area contributed by atoms with Crippen LogP contribution >= 0.6 is 0 Å². The third kappa shape index (κ3) is 37.5. The number of rotatable bonds is 1. The fourth-order valence-corrected chi connectivity index (χ4v) is 0.203. The maximum atomic E-state index is 10.3. The second kappa shape index (κ2) is 10.4. The number of ether oxygens (including phenoxy) is 1. The molecular formula is C6H13FO2. The molecule has 3 heteroatoms. The summed E-state index contributed by atoms with van der Waals surface area (Å²) >= 11 is 0. The number of esters is 1. The predicted molar refractivity (Wildman–Crippen MR) is 34.0 cm³/mol. The Kier molecular flexibility index (Phi) is 13.0. The van der Waals surface area contributed by atoms with E-state index in [4.69, 9.17) is 0 Å². The van der Waals surface area contributed by atoms with Crippen molar-refractivity contribution in [2.75, 3.05) is 13.3 Å². The number of hydrogen-bond donors (Lipinski definition) is 0. The molecule has 0 saturated carbocycles. The second-order valence-corrected chi connectivity index (χ2v) is 1.19. The average molecular weight is 136 g/mol. The zero-order valence-corrected chi connectivity index (χ0v) is 6.11. The molecule has 0 radical (unpaired) electrons. The summed E-state index contributed by atoms with van der Waals surface area (Å²) in [7, 11) is 0. The van der Waals surface area contributed by atoms with E-state index in [1.54, 1.807) is 6.92 Å². The van der Waals surface area contributed by atoms with Crippen LogP contribution in [0.1, 0.15) is 20.8 Å². The molecule has 0 heterocycles. The lowest BCUT2D eigenvalue weighted by atomic mass is 10.8. The van der Waals surface area contributed by atoms with Gasteiger partial charge in [0, 0.05) is 6.92 Å². The van der Waals surface area contributed by atoms with Gasteiger partial charge in [-0.2, -0.15) is 0 Å². The van der Waals surface area contributed by atoms with Gasteiger partial charge in [0.1, 0.15) is 0 Å². The highest BCUT2D eigenvalue weighted by atomic mass is 19.1. The molecule has 0 unspecified atom stereocenters. The minimum Gasteiger partial charge on any atom is -0.466 e. The molecule has 0 bridgehead atoms. The Morgan fingerprint density at radius 2 is 1.89 bits per heavy atom. The number of halogens is 1. The van der Waals surface area contributed by atoms with Crippen molar-refractivity contribution in [3.8, 4) is 0 Å². The summed E-state index contributed by atoms with van der Waals surface area (Å²) in [4.78, 5) is 9.82. The van der Waals surface area contributed by atoms with Gasteiger partial charge in [-0.25, -0.2) is 0 Å². The molecule has 0 aliphatic rings. The van der Waals surface area contributed by atoms with E-state index >= 15 is 0 Å². The fraction of sp³-hybridized carbons (Fsp3) is 0.833. The summed E-state index contributed by atoms with van der Waals surface area (Å²) in [5, 5.41) is 0. The first-order valence-corrected chi connectivity index (χ1v) is 2.88. The van der Waals surface area contributed by atoms with Gasteiger partial charge < -0.3 is 4.74 Å². The van der Waals surface area contributed by atoms with Crippen LogP contribution in [0, 0.1) is 0 Å². The molecule has 0 aromatic heterocycles. The van der Waals surface area contributed by atoms with E-state index in [0.717, 1.165) is 0 Å². The Bertz CT molecular complexity index is 64.1. The Hall–Kier alpha value is -0.600. The molecule has 56 valence electrons. The van der Waals surface area contributed by atoms with Crippen molar-refractivity contribution in [2.24, 2.45) is 0 Å². The van der Waals surface area contributed by atoms with Gasteiger partial charge in [-0.1, -0.05) is 0 Å². The lowest BCUT2D eigenvalue weighted by Gasteiger charge is -1.89. The Balaban J connectivity index is 0. The lowest BCUT2D eigenvalue weighted by Crippen LogP contribution is -1.95. The van der Waals surface area contributed by atoms with Crippen molar-refractivity contribution < 1.29 is 13.9 Å². The number of hydrogen-bond acceptors (Lipinski definition) is 2. The van der Waals surface area contributed by atoms with E-state index in [-0.39, 0.29) is 12.6 Å². The van der Waals surface area contributed by atoms with Crippen molar-refractivity contribution in [3.63, 3.8) is 0 Å². The molecule has 0 aliphatic heterocycles. The van der Waals surface area contributed by atoms with Gasteiger partial charge in [0.2, 0.25) is 0 Å². The minimum atomic E-state index is -0.250. The molecule has 0 fully saturated rings. The molecule has 0 N–H and O–H groups in total. The maximum Gasteiger partial charge on any atom is 0.302 e. The van der Waals surface area contributed by atoms with Crippen LogP contribution in [0.3, 0.4) is 0 Å². The highest BCUT2D eigenvalue weighted by molar-refractivity contribution is 5.65. The van der Waals surface area contributed by atoms with Gasteiger partial charge in [-0.05, 0) is 13.8 Å². The maximum absolute atomic E-state index is 10.3. The molecule has 0 atom stereocenters. The highest BCUT2D eigenvalue weighted by Crippen LogP contribution is 1.69. The largest absolute Gasteiger partial charge is 0.466 e. The van der Waals surface area contributed by atoms with Crippen molar-refractivity contribution >= 4 is 5.97 Å². The van der Waals surface area contributed by atoms with Crippen molar-refractivity contribution in [2.45, 2.75) is 20.8 Å². The van der Waals surface area contributed by atoms with E-state index in [9.17, 15) is 9.18 Å². The summed E-state index contributed by atoms with van der Waals surface area (Å²) in [5.74, 6) is -0.211. The number of carbonyl (C=O) groups excluding carboxylic acids is 1. The summed E-state index contributed by atoms with van der Waals surface area (Å²) in [6, 6.07) is 0. The average Bonchev–Trinajstić information content (AvgIpc) is 1.67. The van der Waals surface area contributed by atoms with Gasteiger partial charge in [0.05, 0.1) is 13.3 Å². The van der Waals surface area contributed by atoms with Gasteiger partial charge >= 0.3 is 5.97 Å². The fourth-order valence-electron chi connectivity index (χ4n) is 0.203. The monoisotopic (exact) mass is 136 g/mol. The zero-order chi connectivity index (χ0) is 7.70. The van der Waals surface area contributed by atoms with Crippen LogP contribution in [0.2, 0.25) is 0 Å². The van der Waals surface area contributed by atoms with Crippen molar-refractivity contribution in [3.05, 3.63) is 0 Å². The minimum absolute atomic E-state index is 0.211. The first-order chi connectivity index (χ1) is 4.18. The van der Waals surface area contributed by atoms with Crippen LogP contribution < -0.4 is 0 Å². The predicted octanol–water partition coefficient (Wildman–Crippen LogP) is 1.55. The zero-order valence-electron chi connectivity index (χ0n) is 6.11. The van der Waals surface area contributed by atoms with Crippen LogP contribution in [0.15, 0.2) is 0 Å². The van der Waals surface area contributed by atoms with Gasteiger partial charge in [0.15, 0.2) is 0 Å². The summed E-state index contributed by atoms with van der Waals surface area (Å²) in [6.07, 6.45) is 0. The van der Waals surface area contributed by atoms with E-state index in [1.165, 1.54) is 13.8 Å². The molecular weight excluding hydrogens is 123 g/mol. The Morgan fingerprint density at radius 1 is 1.56 bits per heavy atom. The standard InChI is InChI=1S/C4H8O2.C2H5F/c1-3-6-4(2)5;1-2-3/h3H2,1-2H3;2H2,1H3. The molecule has 0 spiro atoms. The smallest absolute Gasteiger partial charge is 0.302 e. The number of alkyl halides is 1. The van der Waals surface area contributed by atoms with E-state index in [0.29, 0.717) is 6.61 Å². The third-order valence-corrected chi connectivity index (χ3v) is 0.348. The molecule has 0 aromatic rings. The molecule has 2 nitrogen and oxygen atoms in total. The Morgan fingerprint density at radius 3 is 1.89 bits per heavy atom. The molecule has 0 aromatic carbocycles. The topological polar surface area (TPSA) is 26.3 Å². The van der Waals surface area contributed by atoms with E-state index in [1.807, 2.05) is 0 Å². The number of carbonyl (C=O) groups is 1. The van der Waals surface area contributed by atoms with E-state index in [2.05, 4.69) is 4.74 Å². The summed E-state index contributed by atoms with van der Waals surface area (Å²) in [5.41, 5.74) is 0. The highest BCUT2D eigenvalue weighted by Gasteiger charge is 1.81. The molecule has 0 saturated heterocycles. The van der Waals surface area contributed by atoms with Crippen LogP contribution in [-0.4, -0.2) is 19.3 Å². The molecule has 0 amide bonds. The van der Waals surface area contributed by atoms with Crippen molar-refractivity contribution in [1.82, 2.24) is 0 Å². The first kappa shape index (κ1) is 11.2. The first-order valence-electron chi connectivity index (χ1n) is 2.88. The van der Waals surface area contributed by atoms with Crippen molar-refractivity contribution in [1.29, 1.82) is 0 Å². The van der Waals surface area contributed by atoms with Crippen LogP contribution in [0.5, 0.6) is 0 Å². The van der Waals surface area contributed by atoms with E-state index < -0.39 is 0 Å². The van der Waals surface area contributed by atoms with Gasteiger partial charge in [0.25, 0.3) is 0 Å². The second-order valence-electron chi connectivity index (χ2n) is 1.19. The van der Waals surface area contributed by atoms with Gasteiger partial charge in [-0.15, -0.1) is 0 Å². The lowest BCUT2D eigenvalue weighted by molar-refractivity contribution is -0.140.